The molecule has 3 nitrogen and oxygen atoms in total. The predicted octanol–water partition coefficient (Wildman–Crippen LogP) is 4.43. The molecule has 1 unspecified atom stereocenters. The Labute approximate surface area is 128 Å². The zero-order valence-corrected chi connectivity index (χ0v) is 13.3. The first-order valence-electron chi connectivity index (χ1n) is 7.69. The Balaban J connectivity index is 2.57. The van der Waals surface area contributed by atoms with Crippen molar-refractivity contribution in [3.63, 3.8) is 0 Å². The van der Waals surface area contributed by atoms with Gasteiger partial charge in [-0.2, -0.15) is 0 Å². The Bertz CT molecular complexity index is 437. The van der Waals surface area contributed by atoms with Crippen LogP contribution in [0.2, 0.25) is 0 Å². The molecule has 1 aromatic carbocycles. The molecule has 0 amide bonds. The summed E-state index contributed by atoms with van der Waals surface area (Å²) >= 11 is 0. The van der Waals surface area contributed by atoms with E-state index >= 15 is 0 Å². The normalized spacial score (nSPS) is 12.8. The van der Waals surface area contributed by atoms with Crippen LogP contribution in [-0.2, 0) is 14.3 Å². The Hall–Kier alpha value is -1.77. The molecular formula is C18H26O3. The van der Waals surface area contributed by atoms with Crippen LogP contribution in [0.3, 0.4) is 0 Å². The second-order valence-electron chi connectivity index (χ2n) is 5.14. The molecule has 0 saturated heterocycles. The van der Waals surface area contributed by atoms with Gasteiger partial charge in [-0.25, -0.2) is 4.79 Å². The van der Waals surface area contributed by atoms with Crippen LogP contribution in [0.15, 0.2) is 36.1 Å². The van der Waals surface area contributed by atoms with Crippen molar-refractivity contribution in [1.29, 1.82) is 0 Å². The summed E-state index contributed by atoms with van der Waals surface area (Å²) in [5, 5.41) is 0. The van der Waals surface area contributed by atoms with Crippen LogP contribution in [0.1, 0.15) is 45.1 Å². The molecule has 116 valence electrons. The van der Waals surface area contributed by atoms with E-state index < -0.39 is 5.97 Å². The molecule has 3 heteroatoms. The largest absolute Gasteiger partial charge is 0.490 e. The first-order valence-corrected chi connectivity index (χ1v) is 7.69. The number of methoxy groups -OCH3 is 1. The number of hydrogen-bond donors (Lipinski definition) is 0. The molecule has 0 aliphatic carbocycles. The number of carbonyl (C=O) groups excluding carboxylic acids is 1. The maximum absolute atomic E-state index is 12.1. The van der Waals surface area contributed by atoms with Crippen LogP contribution in [0, 0.1) is 5.92 Å². The minimum absolute atomic E-state index is 0.242. The Morgan fingerprint density at radius 2 is 1.95 bits per heavy atom. The standard InChI is InChI=1S/C18H26O3/c1-4-6-10-15(5-2)14-21-18(19)17(20-3)13-16-11-8-7-9-12-16/h7-9,11-13,15H,4-6,10,14H2,1-3H3/b17-13+. The van der Waals surface area contributed by atoms with Crippen molar-refractivity contribution >= 4 is 12.0 Å². The molecule has 0 spiro atoms. The Morgan fingerprint density at radius 3 is 2.52 bits per heavy atom. The lowest BCUT2D eigenvalue weighted by Gasteiger charge is -2.15. The molecule has 0 N–H and O–H groups in total. The third-order valence-corrected chi connectivity index (χ3v) is 3.51. The fourth-order valence-corrected chi connectivity index (χ4v) is 2.06. The summed E-state index contributed by atoms with van der Waals surface area (Å²) in [6, 6.07) is 9.61. The smallest absolute Gasteiger partial charge is 0.373 e. The molecule has 0 aliphatic rings. The lowest BCUT2D eigenvalue weighted by molar-refractivity contribution is -0.143. The van der Waals surface area contributed by atoms with Gasteiger partial charge in [-0.1, -0.05) is 63.4 Å². The van der Waals surface area contributed by atoms with E-state index in [1.54, 1.807) is 6.08 Å². The van der Waals surface area contributed by atoms with Crippen molar-refractivity contribution in [2.24, 2.45) is 5.92 Å². The minimum atomic E-state index is -0.392. The van der Waals surface area contributed by atoms with Crippen molar-refractivity contribution < 1.29 is 14.3 Å². The molecule has 0 bridgehead atoms. The lowest BCUT2D eigenvalue weighted by Crippen LogP contribution is -2.16. The highest BCUT2D eigenvalue weighted by molar-refractivity contribution is 5.91. The zero-order chi connectivity index (χ0) is 15.5. The molecule has 21 heavy (non-hydrogen) atoms. The van der Waals surface area contributed by atoms with Crippen molar-refractivity contribution in [2.45, 2.75) is 39.5 Å². The van der Waals surface area contributed by atoms with E-state index in [2.05, 4.69) is 13.8 Å². The molecule has 0 saturated carbocycles. The fourth-order valence-electron chi connectivity index (χ4n) is 2.06. The summed E-state index contributed by atoms with van der Waals surface area (Å²) in [6.07, 6.45) is 6.17. The Morgan fingerprint density at radius 1 is 1.24 bits per heavy atom. The van der Waals surface area contributed by atoms with Crippen LogP contribution in [-0.4, -0.2) is 19.7 Å². The Kier molecular flexibility index (Phi) is 8.25. The van der Waals surface area contributed by atoms with E-state index in [4.69, 9.17) is 9.47 Å². The predicted molar refractivity (Wildman–Crippen MR) is 85.7 cm³/mol. The van der Waals surface area contributed by atoms with E-state index in [-0.39, 0.29) is 5.76 Å². The third kappa shape index (κ3) is 6.48. The molecular weight excluding hydrogens is 264 g/mol. The maximum Gasteiger partial charge on any atom is 0.373 e. The van der Waals surface area contributed by atoms with Crippen molar-refractivity contribution in [3.05, 3.63) is 41.7 Å². The zero-order valence-electron chi connectivity index (χ0n) is 13.3. The van der Waals surface area contributed by atoms with Gasteiger partial charge in [0, 0.05) is 0 Å². The van der Waals surface area contributed by atoms with Gasteiger partial charge in [0.1, 0.15) is 0 Å². The van der Waals surface area contributed by atoms with Crippen molar-refractivity contribution in [3.8, 4) is 0 Å². The van der Waals surface area contributed by atoms with Crippen molar-refractivity contribution in [1.82, 2.24) is 0 Å². The first kappa shape index (κ1) is 17.3. The van der Waals surface area contributed by atoms with Gasteiger partial charge in [0.25, 0.3) is 0 Å². The number of carbonyl (C=O) groups is 1. The van der Waals surface area contributed by atoms with Gasteiger partial charge in [0.2, 0.25) is 5.76 Å². The van der Waals surface area contributed by atoms with Crippen LogP contribution < -0.4 is 0 Å². The highest BCUT2D eigenvalue weighted by Crippen LogP contribution is 2.15. The highest BCUT2D eigenvalue weighted by Gasteiger charge is 2.14. The SMILES string of the molecule is CCCCC(CC)COC(=O)/C(=C\c1ccccc1)OC. The van der Waals surface area contributed by atoms with Gasteiger partial charge in [-0.05, 0) is 24.0 Å². The summed E-state index contributed by atoms with van der Waals surface area (Å²) in [5.41, 5.74) is 0.921. The average molecular weight is 290 g/mol. The summed E-state index contributed by atoms with van der Waals surface area (Å²) in [7, 11) is 1.49. The van der Waals surface area contributed by atoms with Gasteiger partial charge in [0.05, 0.1) is 13.7 Å². The van der Waals surface area contributed by atoms with Gasteiger partial charge in [-0.3, -0.25) is 0 Å². The molecule has 1 atom stereocenters. The van der Waals surface area contributed by atoms with Crippen molar-refractivity contribution in [2.75, 3.05) is 13.7 Å². The second-order valence-corrected chi connectivity index (χ2v) is 5.14. The number of unbranched alkanes of at least 4 members (excludes halogenated alkanes) is 1. The fraction of sp³-hybridized carbons (Fsp3) is 0.500. The number of hydrogen-bond acceptors (Lipinski definition) is 3. The summed E-state index contributed by atoms with van der Waals surface area (Å²) < 4.78 is 10.5. The highest BCUT2D eigenvalue weighted by atomic mass is 16.6. The molecule has 0 aliphatic heterocycles. The number of benzene rings is 1. The van der Waals surface area contributed by atoms with E-state index in [0.29, 0.717) is 12.5 Å². The molecule has 0 aromatic heterocycles. The molecule has 0 radical (unpaired) electrons. The van der Waals surface area contributed by atoms with Gasteiger partial charge < -0.3 is 9.47 Å². The van der Waals surface area contributed by atoms with E-state index in [1.807, 2.05) is 30.3 Å². The molecule has 0 fully saturated rings. The van der Waals surface area contributed by atoms with E-state index in [1.165, 1.54) is 20.0 Å². The van der Waals surface area contributed by atoms with Crippen LogP contribution >= 0.6 is 0 Å². The van der Waals surface area contributed by atoms with Gasteiger partial charge in [-0.15, -0.1) is 0 Å². The van der Waals surface area contributed by atoms with Crippen LogP contribution in [0.25, 0.3) is 6.08 Å². The second kappa shape index (κ2) is 10.0. The van der Waals surface area contributed by atoms with E-state index in [9.17, 15) is 4.79 Å². The molecule has 1 aromatic rings. The summed E-state index contributed by atoms with van der Waals surface area (Å²) in [6.45, 7) is 4.76. The van der Waals surface area contributed by atoms with Crippen LogP contribution in [0.5, 0.6) is 0 Å². The molecule has 1 rings (SSSR count). The van der Waals surface area contributed by atoms with Crippen LogP contribution in [0.4, 0.5) is 0 Å². The minimum Gasteiger partial charge on any atom is -0.490 e. The summed E-state index contributed by atoms with van der Waals surface area (Å²) in [4.78, 5) is 12.1. The lowest BCUT2D eigenvalue weighted by atomic mass is 10.0. The number of rotatable bonds is 9. The third-order valence-electron chi connectivity index (χ3n) is 3.51. The monoisotopic (exact) mass is 290 g/mol. The number of esters is 1. The summed E-state index contributed by atoms with van der Waals surface area (Å²) in [5.74, 6) is 0.284. The maximum atomic E-state index is 12.1. The molecule has 0 heterocycles. The topological polar surface area (TPSA) is 35.5 Å². The van der Waals surface area contributed by atoms with Gasteiger partial charge in [0.15, 0.2) is 0 Å². The quantitative estimate of drug-likeness (QED) is 0.383. The average Bonchev–Trinajstić information content (AvgIpc) is 2.53. The van der Waals surface area contributed by atoms with E-state index in [0.717, 1.165) is 18.4 Å². The van der Waals surface area contributed by atoms with Gasteiger partial charge >= 0.3 is 5.97 Å². The first-order chi connectivity index (χ1) is 10.2. The number of ether oxygens (including phenoxy) is 2.